The SMILES string of the molecule is CC1CCCN(C(=O)c2coc(-c3ccc(C(F)(F)F)cc3)n2)C1. The number of rotatable bonds is 2. The summed E-state index contributed by atoms with van der Waals surface area (Å²) in [5.41, 5.74) is -0.163. The van der Waals surface area contributed by atoms with Crippen molar-refractivity contribution in [1.29, 1.82) is 0 Å². The van der Waals surface area contributed by atoms with Crippen LogP contribution < -0.4 is 0 Å². The molecular weight excluding hydrogens is 321 g/mol. The fourth-order valence-corrected chi connectivity index (χ4v) is 2.84. The van der Waals surface area contributed by atoms with Gasteiger partial charge in [0.25, 0.3) is 5.91 Å². The Kier molecular flexibility index (Phi) is 4.34. The number of likely N-dealkylation sites (tertiary alicyclic amines) is 1. The first-order chi connectivity index (χ1) is 11.3. The third kappa shape index (κ3) is 3.44. The molecule has 24 heavy (non-hydrogen) atoms. The van der Waals surface area contributed by atoms with Crippen molar-refractivity contribution in [3.8, 4) is 11.5 Å². The Labute approximate surface area is 137 Å². The van der Waals surface area contributed by atoms with Crippen molar-refractivity contribution in [3.05, 3.63) is 41.8 Å². The number of carbonyl (C=O) groups excluding carboxylic acids is 1. The Balaban J connectivity index is 1.76. The monoisotopic (exact) mass is 338 g/mol. The summed E-state index contributed by atoms with van der Waals surface area (Å²) >= 11 is 0. The summed E-state index contributed by atoms with van der Waals surface area (Å²) in [5.74, 6) is 0.379. The minimum Gasteiger partial charge on any atom is -0.444 e. The molecule has 1 aliphatic heterocycles. The molecule has 1 fully saturated rings. The molecule has 2 aromatic rings. The lowest BCUT2D eigenvalue weighted by Gasteiger charge is -2.30. The number of carbonyl (C=O) groups is 1. The predicted molar refractivity (Wildman–Crippen MR) is 81.2 cm³/mol. The molecule has 1 aromatic heterocycles. The van der Waals surface area contributed by atoms with Gasteiger partial charge in [0.15, 0.2) is 5.69 Å². The molecule has 1 atom stereocenters. The standard InChI is InChI=1S/C17H17F3N2O2/c1-11-3-2-8-22(9-11)16(23)14-10-24-15(21-14)12-4-6-13(7-5-12)17(18,19)20/h4-7,10-11H,2-3,8-9H2,1H3. The van der Waals surface area contributed by atoms with E-state index >= 15 is 0 Å². The second kappa shape index (κ2) is 6.30. The number of nitrogens with zero attached hydrogens (tertiary/aromatic N) is 2. The van der Waals surface area contributed by atoms with Crippen molar-refractivity contribution in [2.24, 2.45) is 5.92 Å². The fraction of sp³-hybridized carbons (Fsp3) is 0.412. The first kappa shape index (κ1) is 16.5. The summed E-state index contributed by atoms with van der Waals surface area (Å²) in [4.78, 5) is 18.3. The Hall–Kier alpha value is -2.31. The van der Waals surface area contributed by atoms with Crippen molar-refractivity contribution in [2.45, 2.75) is 25.9 Å². The Bertz CT molecular complexity index is 722. The molecule has 1 saturated heterocycles. The van der Waals surface area contributed by atoms with Gasteiger partial charge in [0.2, 0.25) is 5.89 Å². The highest BCUT2D eigenvalue weighted by Crippen LogP contribution is 2.31. The van der Waals surface area contributed by atoms with Gasteiger partial charge in [0, 0.05) is 18.7 Å². The van der Waals surface area contributed by atoms with Crippen LogP contribution in [0.25, 0.3) is 11.5 Å². The molecule has 1 aromatic carbocycles. The number of oxazole rings is 1. The van der Waals surface area contributed by atoms with Crippen molar-refractivity contribution >= 4 is 5.91 Å². The average Bonchev–Trinajstić information content (AvgIpc) is 3.03. The van der Waals surface area contributed by atoms with Crippen molar-refractivity contribution in [2.75, 3.05) is 13.1 Å². The van der Waals surface area contributed by atoms with Crippen LogP contribution in [0.5, 0.6) is 0 Å². The maximum atomic E-state index is 12.6. The maximum absolute atomic E-state index is 12.6. The van der Waals surface area contributed by atoms with Gasteiger partial charge in [-0.15, -0.1) is 0 Å². The van der Waals surface area contributed by atoms with Gasteiger partial charge in [-0.1, -0.05) is 6.92 Å². The first-order valence-corrected chi connectivity index (χ1v) is 7.77. The number of halogens is 3. The number of hydrogen-bond donors (Lipinski definition) is 0. The number of piperidine rings is 1. The number of benzene rings is 1. The zero-order valence-corrected chi connectivity index (χ0v) is 13.1. The zero-order valence-electron chi connectivity index (χ0n) is 13.1. The quantitative estimate of drug-likeness (QED) is 0.823. The molecule has 3 rings (SSSR count). The Morgan fingerprint density at radius 2 is 2.00 bits per heavy atom. The lowest BCUT2D eigenvalue weighted by Crippen LogP contribution is -2.39. The second-order valence-corrected chi connectivity index (χ2v) is 6.11. The van der Waals surface area contributed by atoms with Gasteiger partial charge in [0.05, 0.1) is 5.56 Å². The summed E-state index contributed by atoms with van der Waals surface area (Å²) in [6.45, 7) is 3.46. The van der Waals surface area contributed by atoms with Crippen molar-refractivity contribution in [1.82, 2.24) is 9.88 Å². The molecule has 128 valence electrons. The van der Waals surface area contributed by atoms with Gasteiger partial charge in [-0.2, -0.15) is 13.2 Å². The van der Waals surface area contributed by atoms with Crippen LogP contribution in [0, 0.1) is 5.92 Å². The molecule has 1 amide bonds. The fourth-order valence-electron chi connectivity index (χ4n) is 2.84. The molecule has 1 unspecified atom stereocenters. The topological polar surface area (TPSA) is 46.3 Å². The average molecular weight is 338 g/mol. The van der Waals surface area contributed by atoms with E-state index in [4.69, 9.17) is 4.42 Å². The van der Waals surface area contributed by atoms with Crippen LogP contribution in [0.15, 0.2) is 34.9 Å². The molecule has 7 heteroatoms. The van der Waals surface area contributed by atoms with Gasteiger partial charge in [-0.05, 0) is 43.0 Å². The summed E-state index contributed by atoms with van der Waals surface area (Å²) in [7, 11) is 0. The van der Waals surface area contributed by atoms with Gasteiger partial charge in [-0.3, -0.25) is 4.79 Å². The second-order valence-electron chi connectivity index (χ2n) is 6.11. The van der Waals surface area contributed by atoms with Crippen LogP contribution in [-0.4, -0.2) is 28.9 Å². The number of aromatic nitrogens is 1. The first-order valence-electron chi connectivity index (χ1n) is 7.77. The van der Waals surface area contributed by atoms with Crippen LogP contribution in [0.1, 0.15) is 35.8 Å². The molecule has 1 aliphatic rings. The van der Waals surface area contributed by atoms with Crippen molar-refractivity contribution < 1.29 is 22.4 Å². The van der Waals surface area contributed by atoms with Gasteiger partial charge in [-0.25, -0.2) is 4.98 Å². The third-order valence-electron chi connectivity index (χ3n) is 4.13. The zero-order chi connectivity index (χ0) is 17.3. The van der Waals surface area contributed by atoms with Crippen LogP contribution in [0.3, 0.4) is 0 Å². The van der Waals surface area contributed by atoms with Crippen LogP contribution in [0.2, 0.25) is 0 Å². The van der Waals surface area contributed by atoms with E-state index in [1.54, 1.807) is 4.90 Å². The van der Waals surface area contributed by atoms with Gasteiger partial charge in [0.1, 0.15) is 6.26 Å². The maximum Gasteiger partial charge on any atom is 0.416 e. The summed E-state index contributed by atoms with van der Waals surface area (Å²) in [6, 6.07) is 4.50. The lowest BCUT2D eigenvalue weighted by molar-refractivity contribution is -0.137. The van der Waals surface area contributed by atoms with Crippen LogP contribution >= 0.6 is 0 Å². The molecule has 0 aliphatic carbocycles. The Morgan fingerprint density at radius 3 is 2.62 bits per heavy atom. The summed E-state index contributed by atoms with van der Waals surface area (Å²) in [6.07, 6.45) is -1.08. The summed E-state index contributed by atoms with van der Waals surface area (Å²) in [5, 5.41) is 0. The third-order valence-corrected chi connectivity index (χ3v) is 4.13. The van der Waals surface area contributed by atoms with Crippen LogP contribution in [0.4, 0.5) is 13.2 Å². The highest BCUT2D eigenvalue weighted by atomic mass is 19.4. The molecule has 2 heterocycles. The largest absolute Gasteiger partial charge is 0.444 e. The molecule has 0 bridgehead atoms. The van der Waals surface area contributed by atoms with E-state index < -0.39 is 11.7 Å². The molecule has 0 N–H and O–H groups in total. The van der Waals surface area contributed by atoms with Crippen LogP contribution in [-0.2, 0) is 6.18 Å². The highest BCUT2D eigenvalue weighted by Gasteiger charge is 2.30. The molecule has 0 radical (unpaired) electrons. The van der Waals surface area contributed by atoms with E-state index in [1.165, 1.54) is 18.4 Å². The smallest absolute Gasteiger partial charge is 0.416 e. The van der Waals surface area contributed by atoms with E-state index in [-0.39, 0.29) is 17.5 Å². The van der Waals surface area contributed by atoms with E-state index in [9.17, 15) is 18.0 Å². The molecular formula is C17H17F3N2O2. The van der Waals surface area contributed by atoms with E-state index in [0.717, 1.165) is 25.0 Å². The minimum atomic E-state index is -4.39. The predicted octanol–water partition coefficient (Wildman–Crippen LogP) is 4.23. The molecule has 0 spiro atoms. The number of hydrogen-bond acceptors (Lipinski definition) is 3. The highest BCUT2D eigenvalue weighted by molar-refractivity contribution is 5.92. The van der Waals surface area contributed by atoms with Gasteiger partial charge >= 0.3 is 6.18 Å². The van der Waals surface area contributed by atoms with Gasteiger partial charge < -0.3 is 9.32 Å². The van der Waals surface area contributed by atoms with E-state index in [1.807, 2.05) is 0 Å². The Morgan fingerprint density at radius 1 is 1.29 bits per heavy atom. The minimum absolute atomic E-state index is 0.136. The molecule has 4 nitrogen and oxygen atoms in total. The van der Waals surface area contributed by atoms with Crippen molar-refractivity contribution in [3.63, 3.8) is 0 Å². The van der Waals surface area contributed by atoms with E-state index in [0.29, 0.717) is 24.6 Å². The lowest BCUT2D eigenvalue weighted by atomic mass is 10.0. The van der Waals surface area contributed by atoms with E-state index in [2.05, 4.69) is 11.9 Å². The molecule has 0 saturated carbocycles. The number of alkyl halides is 3. The normalized spacial score (nSPS) is 18.7. The number of amides is 1. The summed E-state index contributed by atoms with van der Waals surface area (Å²) < 4.78 is 43.0.